The molecule has 6 nitrogen and oxygen atoms in total. The maximum absolute atomic E-state index is 11.9. The largest absolute Gasteiger partial charge is 0.464 e. The summed E-state index contributed by atoms with van der Waals surface area (Å²) in [6.07, 6.45) is 2.92. The molecule has 1 aromatic rings. The van der Waals surface area contributed by atoms with Gasteiger partial charge in [-0.25, -0.2) is 4.79 Å². The molecule has 0 aliphatic heterocycles. The number of amides is 1. The first-order valence-corrected chi connectivity index (χ1v) is 5.97. The summed E-state index contributed by atoms with van der Waals surface area (Å²) in [6, 6.07) is 0. The molecule has 18 heavy (non-hydrogen) atoms. The van der Waals surface area contributed by atoms with Crippen LogP contribution in [0.2, 0.25) is 0 Å². The van der Waals surface area contributed by atoms with Crippen molar-refractivity contribution in [3.05, 3.63) is 11.4 Å². The first kappa shape index (κ1) is 12.6. The van der Waals surface area contributed by atoms with E-state index < -0.39 is 5.97 Å². The summed E-state index contributed by atoms with van der Waals surface area (Å²) in [5.41, 5.74) is 1.36. The van der Waals surface area contributed by atoms with Crippen LogP contribution in [0.1, 0.15) is 35.4 Å². The van der Waals surface area contributed by atoms with Gasteiger partial charge in [0.25, 0.3) is 0 Å². The number of nitrogens with one attached hydrogen (secondary N) is 1. The monoisotopic (exact) mass is 251 g/mol. The van der Waals surface area contributed by atoms with Crippen molar-refractivity contribution in [3.8, 4) is 0 Å². The number of nitrogens with zero attached hydrogens (tertiary/aromatic N) is 2. The molecule has 1 fully saturated rings. The van der Waals surface area contributed by atoms with Crippen LogP contribution in [-0.2, 0) is 16.6 Å². The minimum atomic E-state index is -0.539. The lowest BCUT2D eigenvalue weighted by molar-refractivity contribution is -0.122. The minimum absolute atomic E-state index is 0.0393. The van der Waals surface area contributed by atoms with Crippen LogP contribution >= 0.6 is 0 Å². The van der Waals surface area contributed by atoms with Gasteiger partial charge in [0.2, 0.25) is 5.91 Å². The van der Waals surface area contributed by atoms with E-state index in [0.717, 1.165) is 25.0 Å². The Morgan fingerprint density at radius 1 is 1.44 bits per heavy atom. The zero-order chi connectivity index (χ0) is 13.3. The van der Waals surface area contributed by atoms with Crippen LogP contribution in [0.15, 0.2) is 0 Å². The molecule has 1 aliphatic rings. The number of esters is 1. The Morgan fingerprint density at radius 3 is 2.61 bits per heavy atom. The van der Waals surface area contributed by atoms with Gasteiger partial charge in [-0.1, -0.05) is 6.42 Å². The molecular weight excluding hydrogens is 234 g/mol. The van der Waals surface area contributed by atoms with Gasteiger partial charge in [-0.3, -0.25) is 9.48 Å². The fourth-order valence-corrected chi connectivity index (χ4v) is 1.89. The molecule has 1 N–H and O–H groups in total. The molecule has 2 rings (SSSR count). The average molecular weight is 251 g/mol. The lowest BCUT2D eigenvalue weighted by atomic mass is 9.85. The van der Waals surface area contributed by atoms with Crippen LogP contribution < -0.4 is 5.32 Å². The highest BCUT2D eigenvalue weighted by atomic mass is 16.5. The van der Waals surface area contributed by atoms with Crippen LogP contribution in [0.25, 0.3) is 0 Å². The maximum Gasteiger partial charge on any atom is 0.360 e. The number of hydrogen-bond donors (Lipinski definition) is 1. The van der Waals surface area contributed by atoms with Gasteiger partial charge in [0, 0.05) is 13.0 Å². The summed E-state index contributed by atoms with van der Waals surface area (Å²) in [5, 5.41) is 6.86. The Kier molecular flexibility index (Phi) is 3.36. The van der Waals surface area contributed by atoms with Crippen LogP contribution in [-0.4, -0.2) is 28.8 Å². The summed E-state index contributed by atoms with van der Waals surface area (Å²) < 4.78 is 6.22. The van der Waals surface area contributed by atoms with E-state index in [1.54, 1.807) is 18.7 Å². The van der Waals surface area contributed by atoms with Crippen molar-refractivity contribution >= 4 is 17.6 Å². The zero-order valence-electron chi connectivity index (χ0n) is 10.8. The van der Waals surface area contributed by atoms with Gasteiger partial charge in [0.1, 0.15) is 0 Å². The number of aryl methyl sites for hydroxylation is 1. The Hall–Kier alpha value is -1.85. The second kappa shape index (κ2) is 4.80. The highest BCUT2D eigenvalue weighted by molar-refractivity contribution is 6.01. The van der Waals surface area contributed by atoms with Crippen molar-refractivity contribution in [1.82, 2.24) is 9.78 Å². The van der Waals surface area contributed by atoms with E-state index in [2.05, 4.69) is 15.2 Å². The number of carbonyl (C=O) groups is 2. The Balaban J connectivity index is 2.24. The summed E-state index contributed by atoms with van der Waals surface area (Å²) in [7, 11) is 3.02. The summed E-state index contributed by atoms with van der Waals surface area (Å²) in [4.78, 5) is 23.5. The van der Waals surface area contributed by atoms with Crippen LogP contribution in [0, 0.1) is 12.8 Å². The van der Waals surface area contributed by atoms with Gasteiger partial charge in [0.15, 0.2) is 5.69 Å². The molecule has 0 saturated heterocycles. The van der Waals surface area contributed by atoms with Crippen LogP contribution in [0.5, 0.6) is 0 Å². The molecule has 1 heterocycles. The van der Waals surface area contributed by atoms with Gasteiger partial charge in [0.05, 0.1) is 18.5 Å². The summed E-state index contributed by atoms with van der Waals surface area (Å²) >= 11 is 0. The van der Waals surface area contributed by atoms with E-state index in [1.807, 2.05) is 0 Å². The summed E-state index contributed by atoms with van der Waals surface area (Å²) in [5.74, 6) is -0.514. The fraction of sp³-hybridized carbons (Fsp3) is 0.583. The third-order valence-corrected chi connectivity index (χ3v) is 3.44. The molecule has 1 aliphatic carbocycles. The first-order valence-electron chi connectivity index (χ1n) is 5.97. The van der Waals surface area contributed by atoms with E-state index in [-0.39, 0.29) is 17.5 Å². The van der Waals surface area contributed by atoms with E-state index in [1.165, 1.54) is 7.11 Å². The van der Waals surface area contributed by atoms with Gasteiger partial charge < -0.3 is 10.1 Å². The number of carbonyl (C=O) groups excluding carboxylic acids is 2. The van der Waals surface area contributed by atoms with Crippen molar-refractivity contribution in [2.24, 2.45) is 13.0 Å². The quantitative estimate of drug-likeness (QED) is 0.821. The molecule has 98 valence electrons. The molecule has 0 atom stereocenters. The van der Waals surface area contributed by atoms with E-state index in [4.69, 9.17) is 0 Å². The molecule has 0 radical (unpaired) electrons. The van der Waals surface area contributed by atoms with Crippen molar-refractivity contribution < 1.29 is 14.3 Å². The molecule has 1 amide bonds. The first-order chi connectivity index (χ1) is 8.54. The standard InChI is InChI=1S/C12H17N3O3/c1-7-9(13-11(16)8-5-4-6-8)10(12(17)18-3)14-15(7)2/h8H,4-6H2,1-3H3,(H,13,16). The highest BCUT2D eigenvalue weighted by Gasteiger charge is 2.28. The van der Waals surface area contributed by atoms with Gasteiger partial charge in [-0.15, -0.1) is 0 Å². The predicted octanol–water partition coefficient (Wildman–Crippen LogP) is 1.25. The Bertz CT molecular complexity index is 489. The number of methoxy groups -OCH3 is 1. The number of aromatic nitrogens is 2. The third-order valence-electron chi connectivity index (χ3n) is 3.44. The van der Waals surface area contributed by atoms with Crippen molar-refractivity contribution in [3.63, 3.8) is 0 Å². The second-order valence-corrected chi connectivity index (χ2v) is 4.54. The number of rotatable bonds is 3. The van der Waals surface area contributed by atoms with Crippen LogP contribution in [0.3, 0.4) is 0 Å². The topological polar surface area (TPSA) is 73.2 Å². The van der Waals surface area contributed by atoms with E-state index in [0.29, 0.717) is 5.69 Å². The van der Waals surface area contributed by atoms with E-state index >= 15 is 0 Å². The zero-order valence-corrected chi connectivity index (χ0v) is 10.8. The van der Waals surface area contributed by atoms with Gasteiger partial charge in [-0.2, -0.15) is 5.10 Å². The SMILES string of the molecule is COC(=O)c1nn(C)c(C)c1NC(=O)C1CCC1. The molecule has 0 aromatic carbocycles. The molecule has 0 spiro atoms. The maximum atomic E-state index is 11.9. The Labute approximate surface area is 105 Å². The molecule has 1 aromatic heterocycles. The van der Waals surface area contributed by atoms with E-state index in [9.17, 15) is 9.59 Å². The fourth-order valence-electron chi connectivity index (χ4n) is 1.89. The normalized spacial score (nSPS) is 15.1. The second-order valence-electron chi connectivity index (χ2n) is 4.54. The van der Waals surface area contributed by atoms with Crippen molar-refractivity contribution in [2.75, 3.05) is 12.4 Å². The smallest absolute Gasteiger partial charge is 0.360 e. The minimum Gasteiger partial charge on any atom is -0.464 e. The number of hydrogen-bond acceptors (Lipinski definition) is 4. The molecule has 1 saturated carbocycles. The number of ether oxygens (including phenoxy) is 1. The Morgan fingerprint density at radius 2 is 2.11 bits per heavy atom. The molecule has 0 bridgehead atoms. The molecular formula is C12H17N3O3. The van der Waals surface area contributed by atoms with Crippen molar-refractivity contribution in [1.29, 1.82) is 0 Å². The average Bonchev–Trinajstić information content (AvgIpc) is 2.54. The highest BCUT2D eigenvalue weighted by Crippen LogP contribution is 2.29. The van der Waals surface area contributed by atoms with Crippen LogP contribution in [0.4, 0.5) is 5.69 Å². The lowest BCUT2D eigenvalue weighted by Gasteiger charge is -2.24. The van der Waals surface area contributed by atoms with Crippen molar-refractivity contribution in [2.45, 2.75) is 26.2 Å². The summed E-state index contributed by atoms with van der Waals surface area (Å²) in [6.45, 7) is 1.80. The number of anilines is 1. The van der Waals surface area contributed by atoms with Gasteiger partial charge in [-0.05, 0) is 19.8 Å². The lowest BCUT2D eigenvalue weighted by Crippen LogP contribution is -2.28. The molecule has 6 heteroatoms. The van der Waals surface area contributed by atoms with Gasteiger partial charge >= 0.3 is 5.97 Å². The molecule has 0 unspecified atom stereocenters. The third kappa shape index (κ3) is 2.10. The predicted molar refractivity (Wildman–Crippen MR) is 65.3 cm³/mol.